The summed E-state index contributed by atoms with van der Waals surface area (Å²) in [4.78, 5) is 0. The fraction of sp³-hybridized carbons (Fsp3) is 0.417. The second-order valence-electron chi connectivity index (χ2n) is 3.22. The minimum atomic E-state index is -0.577. The Labute approximate surface area is 95.0 Å². The summed E-state index contributed by atoms with van der Waals surface area (Å²) in [7, 11) is 0. The summed E-state index contributed by atoms with van der Waals surface area (Å²) in [6.45, 7) is 3.87. The number of benzene rings is 1. The highest BCUT2D eigenvalue weighted by molar-refractivity contribution is 5.46. The topological polar surface area (TPSA) is 62.5 Å². The molecule has 0 aliphatic carbocycles. The Morgan fingerprint density at radius 1 is 1.50 bits per heavy atom. The first-order valence-electron chi connectivity index (χ1n) is 5.14. The molecule has 1 N–H and O–H groups in total. The lowest BCUT2D eigenvalue weighted by atomic mass is 10.2. The van der Waals surface area contributed by atoms with Gasteiger partial charge in [-0.05, 0) is 19.9 Å². The number of nitriles is 1. The lowest BCUT2D eigenvalue weighted by Gasteiger charge is -2.15. The number of para-hydroxylation sites is 1. The first-order chi connectivity index (χ1) is 7.72. The van der Waals surface area contributed by atoms with Gasteiger partial charge in [-0.1, -0.05) is 12.1 Å². The molecule has 0 aliphatic heterocycles. The molecule has 1 rings (SSSR count). The number of ether oxygens (including phenoxy) is 2. The van der Waals surface area contributed by atoms with Crippen LogP contribution in [0.4, 0.5) is 0 Å². The largest absolute Gasteiger partial charge is 0.490 e. The van der Waals surface area contributed by atoms with Gasteiger partial charge in [0.05, 0.1) is 13.2 Å². The van der Waals surface area contributed by atoms with Crippen LogP contribution in [0.5, 0.6) is 11.5 Å². The van der Waals surface area contributed by atoms with Crippen LogP contribution in [0.25, 0.3) is 0 Å². The maximum absolute atomic E-state index is 9.18. The molecule has 1 atom stereocenters. The Balaban J connectivity index is 3.04. The van der Waals surface area contributed by atoms with Gasteiger partial charge in [-0.15, -0.1) is 0 Å². The Bertz CT molecular complexity index is 384. The van der Waals surface area contributed by atoms with Crippen LogP contribution in [-0.2, 0) is 6.61 Å². The van der Waals surface area contributed by atoms with E-state index in [4.69, 9.17) is 14.7 Å². The van der Waals surface area contributed by atoms with Gasteiger partial charge in [0, 0.05) is 5.56 Å². The third-order valence-corrected chi connectivity index (χ3v) is 2.01. The maximum Gasteiger partial charge on any atom is 0.181 e. The number of hydrogen-bond donors (Lipinski definition) is 1. The van der Waals surface area contributed by atoms with Crippen molar-refractivity contribution >= 4 is 0 Å². The Morgan fingerprint density at radius 3 is 2.81 bits per heavy atom. The van der Waals surface area contributed by atoms with Crippen molar-refractivity contribution < 1.29 is 14.6 Å². The van der Waals surface area contributed by atoms with Crippen LogP contribution in [0, 0.1) is 11.3 Å². The van der Waals surface area contributed by atoms with E-state index in [1.54, 1.807) is 25.1 Å². The molecule has 1 unspecified atom stereocenters. The Hall–Kier alpha value is -1.73. The van der Waals surface area contributed by atoms with Gasteiger partial charge in [0.2, 0.25) is 0 Å². The number of aliphatic hydroxyl groups excluding tert-OH is 1. The second kappa shape index (κ2) is 5.99. The van der Waals surface area contributed by atoms with Crippen molar-refractivity contribution in [1.29, 1.82) is 5.26 Å². The minimum absolute atomic E-state index is 0.144. The lowest BCUT2D eigenvalue weighted by Crippen LogP contribution is -2.11. The highest BCUT2D eigenvalue weighted by Gasteiger charge is 2.13. The summed E-state index contributed by atoms with van der Waals surface area (Å²) in [5.74, 6) is 0.997. The normalized spacial score (nSPS) is 11.6. The van der Waals surface area contributed by atoms with E-state index in [0.29, 0.717) is 23.7 Å². The molecule has 4 heteroatoms. The molecule has 16 heavy (non-hydrogen) atoms. The molecule has 0 saturated carbocycles. The molecule has 0 amide bonds. The maximum atomic E-state index is 9.18. The zero-order valence-electron chi connectivity index (χ0n) is 9.43. The first kappa shape index (κ1) is 12.3. The van der Waals surface area contributed by atoms with E-state index in [1.165, 1.54) is 0 Å². The molecule has 0 bridgehead atoms. The molecule has 0 saturated heterocycles. The predicted octanol–water partition coefficient (Wildman–Crippen LogP) is 1.87. The third-order valence-electron chi connectivity index (χ3n) is 2.01. The van der Waals surface area contributed by atoms with Gasteiger partial charge < -0.3 is 14.6 Å². The highest BCUT2D eigenvalue weighted by Crippen LogP contribution is 2.32. The minimum Gasteiger partial charge on any atom is -0.490 e. The van der Waals surface area contributed by atoms with E-state index in [0.717, 1.165) is 0 Å². The fourth-order valence-electron chi connectivity index (χ4n) is 1.29. The van der Waals surface area contributed by atoms with Crippen molar-refractivity contribution in [3.05, 3.63) is 23.8 Å². The van der Waals surface area contributed by atoms with Gasteiger partial charge in [-0.25, -0.2) is 0 Å². The van der Waals surface area contributed by atoms with Crippen molar-refractivity contribution in [3.8, 4) is 17.6 Å². The van der Waals surface area contributed by atoms with Gasteiger partial charge in [-0.3, -0.25) is 0 Å². The van der Waals surface area contributed by atoms with Crippen molar-refractivity contribution in [1.82, 2.24) is 0 Å². The van der Waals surface area contributed by atoms with Crippen LogP contribution in [0.2, 0.25) is 0 Å². The van der Waals surface area contributed by atoms with E-state index in [-0.39, 0.29) is 6.61 Å². The number of hydrogen-bond acceptors (Lipinski definition) is 4. The fourth-order valence-corrected chi connectivity index (χ4v) is 1.29. The average molecular weight is 221 g/mol. The summed E-state index contributed by atoms with van der Waals surface area (Å²) < 4.78 is 10.8. The van der Waals surface area contributed by atoms with Crippen molar-refractivity contribution in [3.63, 3.8) is 0 Å². The molecule has 1 aromatic carbocycles. The highest BCUT2D eigenvalue weighted by atomic mass is 16.5. The molecule has 86 valence electrons. The SMILES string of the molecule is CCOc1cccc(CO)c1OC(C)C#N. The Kier molecular flexibility index (Phi) is 4.62. The zero-order valence-corrected chi connectivity index (χ0v) is 9.43. The molecule has 0 fully saturated rings. The van der Waals surface area contributed by atoms with E-state index in [2.05, 4.69) is 0 Å². The molecule has 0 spiro atoms. The van der Waals surface area contributed by atoms with E-state index >= 15 is 0 Å². The number of aliphatic hydroxyl groups is 1. The Morgan fingerprint density at radius 2 is 2.25 bits per heavy atom. The molecule has 0 radical (unpaired) electrons. The van der Waals surface area contributed by atoms with E-state index in [9.17, 15) is 5.11 Å². The average Bonchev–Trinajstić information content (AvgIpc) is 2.31. The van der Waals surface area contributed by atoms with Crippen molar-refractivity contribution in [2.75, 3.05) is 6.61 Å². The summed E-state index contributed by atoms with van der Waals surface area (Å²) in [6.07, 6.45) is -0.577. The van der Waals surface area contributed by atoms with Gasteiger partial charge >= 0.3 is 0 Å². The monoisotopic (exact) mass is 221 g/mol. The van der Waals surface area contributed by atoms with Crippen molar-refractivity contribution in [2.24, 2.45) is 0 Å². The van der Waals surface area contributed by atoms with Gasteiger partial charge in [0.25, 0.3) is 0 Å². The third kappa shape index (κ3) is 2.88. The molecule has 0 heterocycles. The summed E-state index contributed by atoms with van der Waals surface area (Å²) in [6, 6.07) is 7.24. The second-order valence-corrected chi connectivity index (χ2v) is 3.22. The molecular formula is C12H15NO3. The molecule has 4 nitrogen and oxygen atoms in total. The van der Waals surface area contributed by atoms with E-state index in [1.807, 2.05) is 13.0 Å². The van der Waals surface area contributed by atoms with Crippen molar-refractivity contribution in [2.45, 2.75) is 26.6 Å². The number of nitrogens with zero attached hydrogens (tertiary/aromatic N) is 1. The first-order valence-corrected chi connectivity index (χ1v) is 5.14. The molecule has 0 aliphatic rings. The van der Waals surface area contributed by atoms with Crippen LogP contribution in [0.3, 0.4) is 0 Å². The van der Waals surface area contributed by atoms with Gasteiger partial charge in [0.1, 0.15) is 6.07 Å². The summed E-state index contributed by atoms with van der Waals surface area (Å²) in [5, 5.41) is 17.9. The zero-order chi connectivity index (χ0) is 12.0. The van der Waals surface area contributed by atoms with Crippen LogP contribution < -0.4 is 9.47 Å². The predicted molar refractivity (Wildman–Crippen MR) is 59.2 cm³/mol. The van der Waals surface area contributed by atoms with Crippen LogP contribution in [0.1, 0.15) is 19.4 Å². The van der Waals surface area contributed by atoms with Gasteiger partial charge in [-0.2, -0.15) is 5.26 Å². The summed E-state index contributed by atoms with van der Waals surface area (Å²) >= 11 is 0. The molecule has 0 aromatic heterocycles. The van der Waals surface area contributed by atoms with E-state index < -0.39 is 6.10 Å². The quantitative estimate of drug-likeness (QED) is 0.824. The number of rotatable bonds is 5. The standard InChI is InChI=1S/C12H15NO3/c1-3-15-11-6-4-5-10(8-14)12(11)16-9(2)7-13/h4-6,9,14H,3,8H2,1-2H3. The van der Waals surface area contributed by atoms with Crippen LogP contribution in [-0.4, -0.2) is 17.8 Å². The van der Waals surface area contributed by atoms with Crippen LogP contribution in [0.15, 0.2) is 18.2 Å². The lowest BCUT2D eigenvalue weighted by molar-refractivity contribution is 0.230. The van der Waals surface area contributed by atoms with Gasteiger partial charge in [0.15, 0.2) is 17.6 Å². The molecule has 1 aromatic rings. The van der Waals surface area contributed by atoms with Crippen LogP contribution >= 0.6 is 0 Å². The summed E-state index contributed by atoms with van der Waals surface area (Å²) in [5.41, 5.74) is 0.619. The molecular weight excluding hydrogens is 206 g/mol. The smallest absolute Gasteiger partial charge is 0.181 e.